The van der Waals surface area contributed by atoms with Gasteiger partial charge in [0.15, 0.2) is 0 Å². The molecular weight excluding hydrogens is 208 g/mol. The van der Waals surface area contributed by atoms with Crippen molar-refractivity contribution in [3.05, 3.63) is 35.0 Å². The fraction of sp³-hybridized carbons (Fsp3) is 0.467. The van der Waals surface area contributed by atoms with E-state index in [1.807, 2.05) is 7.05 Å². The summed E-state index contributed by atoms with van der Waals surface area (Å²) in [5.74, 6) is 0. The summed E-state index contributed by atoms with van der Waals surface area (Å²) in [6.07, 6.45) is 4.64. The van der Waals surface area contributed by atoms with Crippen LogP contribution in [0.2, 0.25) is 0 Å². The zero-order valence-corrected chi connectivity index (χ0v) is 11.3. The summed E-state index contributed by atoms with van der Waals surface area (Å²) >= 11 is 0. The quantitative estimate of drug-likeness (QED) is 0.799. The molecule has 0 aliphatic carbocycles. The molecule has 1 N–H and O–H groups in total. The second-order valence-electron chi connectivity index (χ2n) is 4.90. The van der Waals surface area contributed by atoms with E-state index in [2.05, 4.69) is 49.1 Å². The molecule has 92 valence electrons. The first-order valence-electron chi connectivity index (χ1n) is 6.34. The summed E-state index contributed by atoms with van der Waals surface area (Å²) in [6.45, 7) is 5.49. The SMILES string of the molecule is CNCCCc1cn(C)c2c(C)ccc(C)c12. The van der Waals surface area contributed by atoms with E-state index in [0.29, 0.717) is 0 Å². The van der Waals surface area contributed by atoms with Crippen LogP contribution in [0.3, 0.4) is 0 Å². The van der Waals surface area contributed by atoms with Crippen molar-refractivity contribution < 1.29 is 0 Å². The van der Waals surface area contributed by atoms with Gasteiger partial charge >= 0.3 is 0 Å². The van der Waals surface area contributed by atoms with Gasteiger partial charge in [-0.1, -0.05) is 12.1 Å². The Hall–Kier alpha value is -1.28. The zero-order valence-electron chi connectivity index (χ0n) is 11.3. The highest BCUT2D eigenvalue weighted by atomic mass is 14.9. The normalized spacial score (nSPS) is 11.3. The Morgan fingerprint density at radius 2 is 1.88 bits per heavy atom. The first-order valence-corrected chi connectivity index (χ1v) is 6.34. The Bertz CT molecular complexity index is 523. The molecule has 0 saturated heterocycles. The molecule has 0 radical (unpaired) electrons. The monoisotopic (exact) mass is 230 g/mol. The third kappa shape index (κ3) is 2.22. The van der Waals surface area contributed by atoms with Crippen LogP contribution in [0.25, 0.3) is 10.9 Å². The van der Waals surface area contributed by atoms with Crippen LogP contribution in [-0.4, -0.2) is 18.2 Å². The van der Waals surface area contributed by atoms with Gasteiger partial charge in [-0.2, -0.15) is 0 Å². The van der Waals surface area contributed by atoms with Crippen molar-refractivity contribution in [3.63, 3.8) is 0 Å². The molecule has 2 aromatic rings. The van der Waals surface area contributed by atoms with E-state index in [1.54, 1.807) is 0 Å². The third-order valence-corrected chi connectivity index (χ3v) is 3.48. The maximum Gasteiger partial charge on any atom is 0.0512 e. The van der Waals surface area contributed by atoms with Gasteiger partial charge in [0.1, 0.15) is 0 Å². The average molecular weight is 230 g/mol. The molecule has 0 aliphatic rings. The van der Waals surface area contributed by atoms with Gasteiger partial charge in [0.05, 0.1) is 5.52 Å². The van der Waals surface area contributed by atoms with Crippen LogP contribution in [0.15, 0.2) is 18.3 Å². The highest BCUT2D eigenvalue weighted by molar-refractivity contribution is 5.89. The van der Waals surface area contributed by atoms with Gasteiger partial charge in [-0.05, 0) is 57.0 Å². The van der Waals surface area contributed by atoms with Crippen molar-refractivity contribution in [1.82, 2.24) is 9.88 Å². The van der Waals surface area contributed by atoms with E-state index in [-0.39, 0.29) is 0 Å². The second kappa shape index (κ2) is 4.92. The Balaban J connectivity index is 2.46. The summed E-state index contributed by atoms with van der Waals surface area (Å²) in [5, 5.41) is 4.67. The maximum atomic E-state index is 3.21. The van der Waals surface area contributed by atoms with Gasteiger partial charge in [-0.15, -0.1) is 0 Å². The summed E-state index contributed by atoms with van der Waals surface area (Å²) in [6, 6.07) is 4.45. The predicted molar refractivity (Wildman–Crippen MR) is 74.6 cm³/mol. The van der Waals surface area contributed by atoms with Gasteiger partial charge in [0, 0.05) is 18.6 Å². The smallest absolute Gasteiger partial charge is 0.0512 e. The van der Waals surface area contributed by atoms with Crippen LogP contribution in [0.1, 0.15) is 23.1 Å². The van der Waals surface area contributed by atoms with E-state index in [9.17, 15) is 0 Å². The minimum Gasteiger partial charge on any atom is -0.350 e. The van der Waals surface area contributed by atoms with Gasteiger partial charge < -0.3 is 9.88 Å². The minimum atomic E-state index is 1.08. The Kier molecular flexibility index (Phi) is 3.53. The van der Waals surface area contributed by atoms with Crippen LogP contribution < -0.4 is 5.32 Å². The molecule has 0 spiro atoms. The number of hydrogen-bond acceptors (Lipinski definition) is 1. The van der Waals surface area contributed by atoms with E-state index < -0.39 is 0 Å². The average Bonchev–Trinajstić information content (AvgIpc) is 2.63. The molecule has 0 fully saturated rings. The summed E-state index contributed by atoms with van der Waals surface area (Å²) in [7, 11) is 4.16. The van der Waals surface area contributed by atoms with Crippen molar-refractivity contribution in [3.8, 4) is 0 Å². The molecule has 1 aromatic heterocycles. The molecule has 1 heterocycles. The van der Waals surface area contributed by atoms with Crippen LogP contribution in [0.4, 0.5) is 0 Å². The second-order valence-corrected chi connectivity index (χ2v) is 4.90. The molecule has 17 heavy (non-hydrogen) atoms. The van der Waals surface area contributed by atoms with E-state index in [0.717, 1.165) is 13.0 Å². The van der Waals surface area contributed by atoms with Crippen molar-refractivity contribution in [2.45, 2.75) is 26.7 Å². The Morgan fingerprint density at radius 1 is 1.18 bits per heavy atom. The van der Waals surface area contributed by atoms with Gasteiger partial charge in [0.2, 0.25) is 0 Å². The van der Waals surface area contributed by atoms with Gasteiger partial charge in [-0.25, -0.2) is 0 Å². The van der Waals surface area contributed by atoms with Gasteiger partial charge in [-0.3, -0.25) is 0 Å². The molecule has 0 saturated carbocycles. The first-order chi connectivity index (χ1) is 8.15. The molecule has 0 unspecified atom stereocenters. The van der Waals surface area contributed by atoms with Gasteiger partial charge in [0.25, 0.3) is 0 Å². The molecule has 2 heteroatoms. The largest absolute Gasteiger partial charge is 0.350 e. The minimum absolute atomic E-state index is 1.08. The highest BCUT2D eigenvalue weighted by Gasteiger charge is 2.10. The molecular formula is C15H22N2. The number of nitrogens with zero attached hydrogens (tertiary/aromatic N) is 1. The van der Waals surface area contributed by atoms with Crippen LogP contribution in [0, 0.1) is 13.8 Å². The molecule has 0 bridgehead atoms. The zero-order chi connectivity index (χ0) is 12.4. The van der Waals surface area contributed by atoms with Crippen LogP contribution in [0.5, 0.6) is 0 Å². The molecule has 1 aromatic carbocycles. The lowest BCUT2D eigenvalue weighted by molar-refractivity contribution is 0.725. The molecule has 2 nitrogen and oxygen atoms in total. The lowest BCUT2D eigenvalue weighted by atomic mass is 10.0. The van der Waals surface area contributed by atoms with E-state index >= 15 is 0 Å². The summed E-state index contributed by atoms with van der Waals surface area (Å²) < 4.78 is 2.27. The number of aromatic nitrogens is 1. The molecule has 2 rings (SSSR count). The Morgan fingerprint density at radius 3 is 2.59 bits per heavy atom. The van der Waals surface area contributed by atoms with E-state index in [4.69, 9.17) is 0 Å². The van der Waals surface area contributed by atoms with Crippen LogP contribution in [-0.2, 0) is 13.5 Å². The van der Waals surface area contributed by atoms with Crippen molar-refractivity contribution >= 4 is 10.9 Å². The highest BCUT2D eigenvalue weighted by Crippen LogP contribution is 2.27. The predicted octanol–water partition coefficient (Wildman–Crippen LogP) is 2.95. The van der Waals surface area contributed by atoms with Crippen molar-refractivity contribution in [2.75, 3.05) is 13.6 Å². The third-order valence-electron chi connectivity index (χ3n) is 3.48. The molecule has 0 amide bonds. The number of hydrogen-bond donors (Lipinski definition) is 1. The fourth-order valence-corrected chi connectivity index (χ4v) is 2.66. The molecule has 0 atom stereocenters. The number of benzene rings is 1. The number of fused-ring (bicyclic) bond motifs is 1. The Labute approximate surface area is 104 Å². The molecule has 0 aliphatic heterocycles. The standard InChI is InChI=1S/C15H22N2/c1-11-7-8-12(2)15-14(11)13(10-17(15)4)6-5-9-16-3/h7-8,10,16H,5-6,9H2,1-4H3. The first kappa shape index (κ1) is 12.2. The van der Waals surface area contributed by atoms with Crippen LogP contribution >= 0.6 is 0 Å². The maximum absolute atomic E-state index is 3.21. The number of rotatable bonds is 4. The number of nitrogens with one attached hydrogen (secondary N) is 1. The lowest BCUT2D eigenvalue weighted by Gasteiger charge is -2.05. The number of aryl methyl sites for hydroxylation is 4. The summed E-state index contributed by atoms with van der Waals surface area (Å²) in [5.41, 5.74) is 5.64. The van der Waals surface area contributed by atoms with Crippen molar-refractivity contribution in [1.29, 1.82) is 0 Å². The van der Waals surface area contributed by atoms with E-state index in [1.165, 1.54) is 34.0 Å². The fourth-order valence-electron chi connectivity index (χ4n) is 2.66. The lowest BCUT2D eigenvalue weighted by Crippen LogP contribution is -2.08. The van der Waals surface area contributed by atoms with Crippen molar-refractivity contribution in [2.24, 2.45) is 7.05 Å². The topological polar surface area (TPSA) is 17.0 Å². The summed E-state index contributed by atoms with van der Waals surface area (Å²) in [4.78, 5) is 0.